The van der Waals surface area contributed by atoms with E-state index in [4.69, 9.17) is 9.47 Å². The minimum absolute atomic E-state index is 0.135. The zero-order chi connectivity index (χ0) is 15.4. The van der Waals surface area contributed by atoms with E-state index < -0.39 is 5.97 Å². The molecule has 0 fully saturated rings. The zero-order valence-electron chi connectivity index (χ0n) is 11.8. The van der Waals surface area contributed by atoms with Crippen LogP contribution >= 0.6 is 0 Å². The van der Waals surface area contributed by atoms with Gasteiger partial charge in [0.2, 0.25) is 5.88 Å². The van der Waals surface area contributed by atoms with Crippen molar-refractivity contribution >= 4 is 12.3 Å². The van der Waals surface area contributed by atoms with Crippen LogP contribution < -0.4 is 4.74 Å². The van der Waals surface area contributed by atoms with Crippen LogP contribution in [-0.2, 0) is 4.74 Å². The standard InChI is InChI=1S/C14H13N3O4/c1-8-4-10(12(6-15-8)14(19)21-3)11-5-9(7-18)16-17-13(11)20-2/h4-7H,1-3H3. The molecule has 2 rings (SSSR count). The SMILES string of the molecule is COC(=O)c1cnc(C)cc1-c1cc(C=O)nnc1OC. The molecule has 0 saturated heterocycles. The molecule has 0 unspecified atom stereocenters. The molecule has 0 atom stereocenters. The Balaban J connectivity index is 2.73. The maximum absolute atomic E-state index is 11.9. The molecule has 0 aliphatic heterocycles. The number of carbonyl (C=O) groups excluding carboxylic acids is 2. The Labute approximate surface area is 120 Å². The van der Waals surface area contributed by atoms with Gasteiger partial charge in [-0.3, -0.25) is 9.78 Å². The number of aromatic nitrogens is 3. The first-order valence-electron chi connectivity index (χ1n) is 6.03. The maximum atomic E-state index is 11.9. The molecule has 7 nitrogen and oxygen atoms in total. The van der Waals surface area contributed by atoms with Gasteiger partial charge in [0.25, 0.3) is 0 Å². The average molecular weight is 287 g/mol. The number of aryl methyl sites for hydroxylation is 1. The van der Waals surface area contributed by atoms with E-state index in [9.17, 15) is 9.59 Å². The van der Waals surface area contributed by atoms with Gasteiger partial charge in [0.1, 0.15) is 5.69 Å². The normalized spacial score (nSPS) is 10.0. The number of carbonyl (C=O) groups is 2. The van der Waals surface area contributed by atoms with Crippen molar-refractivity contribution in [2.75, 3.05) is 14.2 Å². The van der Waals surface area contributed by atoms with Crippen LogP contribution in [0, 0.1) is 6.92 Å². The van der Waals surface area contributed by atoms with Crippen molar-refractivity contribution in [1.29, 1.82) is 0 Å². The largest absolute Gasteiger partial charge is 0.479 e. The van der Waals surface area contributed by atoms with Crippen LogP contribution in [0.3, 0.4) is 0 Å². The number of rotatable bonds is 4. The van der Waals surface area contributed by atoms with Crippen LogP contribution in [0.5, 0.6) is 5.88 Å². The monoisotopic (exact) mass is 287 g/mol. The highest BCUT2D eigenvalue weighted by Gasteiger charge is 2.19. The van der Waals surface area contributed by atoms with Crippen LogP contribution in [0.2, 0.25) is 0 Å². The van der Waals surface area contributed by atoms with E-state index in [0.717, 1.165) is 0 Å². The molecular weight excluding hydrogens is 274 g/mol. The Morgan fingerprint density at radius 2 is 1.95 bits per heavy atom. The maximum Gasteiger partial charge on any atom is 0.340 e. The van der Waals surface area contributed by atoms with Gasteiger partial charge in [-0.2, -0.15) is 0 Å². The lowest BCUT2D eigenvalue weighted by molar-refractivity contribution is 0.0601. The Morgan fingerprint density at radius 1 is 1.19 bits per heavy atom. The lowest BCUT2D eigenvalue weighted by atomic mass is 10.0. The fraction of sp³-hybridized carbons (Fsp3) is 0.214. The lowest BCUT2D eigenvalue weighted by Gasteiger charge is -2.11. The second-order valence-electron chi connectivity index (χ2n) is 4.17. The van der Waals surface area contributed by atoms with Crippen molar-refractivity contribution < 1.29 is 19.1 Å². The third kappa shape index (κ3) is 2.86. The Kier molecular flexibility index (Phi) is 4.22. The Morgan fingerprint density at radius 3 is 2.57 bits per heavy atom. The molecule has 108 valence electrons. The quantitative estimate of drug-likeness (QED) is 0.620. The van der Waals surface area contributed by atoms with Crippen LogP contribution in [0.25, 0.3) is 11.1 Å². The number of esters is 1. The third-order valence-electron chi connectivity index (χ3n) is 2.83. The van der Waals surface area contributed by atoms with Crippen LogP contribution in [0.1, 0.15) is 26.5 Å². The predicted molar refractivity (Wildman–Crippen MR) is 73.3 cm³/mol. The van der Waals surface area contributed by atoms with Gasteiger partial charge >= 0.3 is 5.97 Å². The molecule has 0 bridgehead atoms. The molecule has 2 aromatic rings. The number of aldehydes is 1. The summed E-state index contributed by atoms with van der Waals surface area (Å²) < 4.78 is 9.89. The van der Waals surface area contributed by atoms with Crippen molar-refractivity contribution in [3.05, 3.63) is 35.3 Å². The molecule has 0 N–H and O–H groups in total. The second kappa shape index (κ2) is 6.08. The fourth-order valence-corrected chi connectivity index (χ4v) is 1.85. The van der Waals surface area contributed by atoms with Gasteiger partial charge in [-0.15, -0.1) is 10.2 Å². The van der Waals surface area contributed by atoms with Gasteiger partial charge in [0, 0.05) is 23.0 Å². The number of nitrogens with zero attached hydrogens (tertiary/aromatic N) is 3. The number of methoxy groups -OCH3 is 2. The molecule has 0 amide bonds. The van der Waals surface area contributed by atoms with E-state index in [1.165, 1.54) is 26.5 Å². The number of hydrogen-bond donors (Lipinski definition) is 0. The number of pyridine rings is 1. The summed E-state index contributed by atoms with van der Waals surface area (Å²) in [6.45, 7) is 1.78. The fourth-order valence-electron chi connectivity index (χ4n) is 1.85. The van der Waals surface area contributed by atoms with E-state index in [1.54, 1.807) is 13.0 Å². The molecule has 0 aliphatic rings. The number of ether oxygens (including phenoxy) is 2. The van der Waals surface area contributed by atoms with E-state index >= 15 is 0 Å². The second-order valence-corrected chi connectivity index (χ2v) is 4.17. The van der Waals surface area contributed by atoms with Crippen molar-refractivity contribution in [3.8, 4) is 17.0 Å². The predicted octanol–water partition coefficient (Wildman–Crippen LogP) is 1.45. The Bertz CT molecular complexity index is 701. The van der Waals surface area contributed by atoms with E-state index in [2.05, 4.69) is 15.2 Å². The topological polar surface area (TPSA) is 91.3 Å². The van der Waals surface area contributed by atoms with Crippen LogP contribution in [-0.4, -0.2) is 41.7 Å². The molecule has 0 radical (unpaired) electrons. The van der Waals surface area contributed by atoms with Crippen molar-refractivity contribution in [3.63, 3.8) is 0 Å². The molecule has 0 aromatic carbocycles. The van der Waals surface area contributed by atoms with E-state index in [-0.39, 0.29) is 17.1 Å². The molecule has 21 heavy (non-hydrogen) atoms. The van der Waals surface area contributed by atoms with E-state index in [0.29, 0.717) is 23.1 Å². The zero-order valence-corrected chi connectivity index (χ0v) is 11.8. The summed E-state index contributed by atoms with van der Waals surface area (Å²) >= 11 is 0. The third-order valence-corrected chi connectivity index (χ3v) is 2.83. The van der Waals surface area contributed by atoms with Gasteiger partial charge < -0.3 is 9.47 Å². The minimum Gasteiger partial charge on any atom is -0.479 e. The highest BCUT2D eigenvalue weighted by atomic mass is 16.5. The van der Waals surface area contributed by atoms with Crippen molar-refractivity contribution in [2.24, 2.45) is 0 Å². The average Bonchev–Trinajstić information content (AvgIpc) is 2.53. The molecule has 0 spiro atoms. The highest BCUT2D eigenvalue weighted by molar-refractivity contribution is 5.98. The molecular formula is C14H13N3O4. The van der Waals surface area contributed by atoms with Crippen LogP contribution in [0.4, 0.5) is 0 Å². The first kappa shape index (κ1) is 14.6. The van der Waals surface area contributed by atoms with Gasteiger partial charge in [0.15, 0.2) is 6.29 Å². The van der Waals surface area contributed by atoms with Gasteiger partial charge in [-0.1, -0.05) is 0 Å². The summed E-state index contributed by atoms with van der Waals surface area (Å²) in [5.41, 5.74) is 2.08. The smallest absolute Gasteiger partial charge is 0.340 e. The molecule has 0 aliphatic carbocycles. The minimum atomic E-state index is -0.538. The van der Waals surface area contributed by atoms with Crippen molar-refractivity contribution in [1.82, 2.24) is 15.2 Å². The van der Waals surface area contributed by atoms with Crippen LogP contribution in [0.15, 0.2) is 18.3 Å². The van der Waals surface area contributed by atoms with Gasteiger partial charge in [-0.05, 0) is 19.1 Å². The first-order chi connectivity index (χ1) is 10.1. The highest BCUT2D eigenvalue weighted by Crippen LogP contribution is 2.31. The summed E-state index contributed by atoms with van der Waals surface area (Å²) in [6.07, 6.45) is 1.98. The Hall–Kier alpha value is -2.83. The number of hydrogen-bond acceptors (Lipinski definition) is 7. The summed E-state index contributed by atoms with van der Waals surface area (Å²) in [6, 6.07) is 3.19. The molecule has 2 heterocycles. The summed E-state index contributed by atoms with van der Waals surface area (Å²) in [7, 11) is 2.71. The lowest BCUT2D eigenvalue weighted by Crippen LogP contribution is -2.07. The van der Waals surface area contributed by atoms with Crippen molar-refractivity contribution in [2.45, 2.75) is 6.92 Å². The molecule has 0 saturated carbocycles. The molecule has 2 aromatic heterocycles. The summed E-state index contributed by atoms with van der Waals surface area (Å²) in [4.78, 5) is 26.8. The summed E-state index contributed by atoms with van der Waals surface area (Å²) in [5, 5.41) is 7.52. The molecule has 7 heteroatoms. The van der Waals surface area contributed by atoms with Gasteiger partial charge in [0.05, 0.1) is 19.8 Å². The van der Waals surface area contributed by atoms with Gasteiger partial charge in [-0.25, -0.2) is 4.79 Å². The summed E-state index contributed by atoms with van der Waals surface area (Å²) in [5.74, 6) is -0.333. The first-order valence-corrected chi connectivity index (χ1v) is 6.03. The van der Waals surface area contributed by atoms with E-state index in [1.807, 2.05) is 0 Å².